The second-order valence-corrected chi connectivity index (χ2v) is 14.3. The molecule has 0 aromatic heterocycles. The fourth-order valence-electron chi connectivity index (χ4n) is 6.93. The molecule has 12 nitrogen and oxygen atoms in total. The van der Waals surface area contributed by atoms with Gasteiger partial charge in [-0.15, -0.1) is 0 Å². The molecule has 1 heterocycles. The van der Waals surface area contributed by atoms with Gasteiger partial charge >= 0.3 is 0 Å². The van der Waals surface area contributed by atoms with Crippen molar-refractivity contribution in [3.8, 4) is 0 Å². The Balaban J connectivity index is 2.28. The van der Waals surface area contributed by atoms with E-state index in [0.29, 0.717) is 30.5 Å². The van der Waals surface area contributed by atoms with Crippen LogP contribution in [0.3, 0.4) is 0 Å². The number of ether oxygens (including phenoxy) is 2. The summed E-state index contributed by atoms with van der Waals surface area (Å²) in [5.41, 5.74) is 1.52. The summed E-state index contributed by atoms with van der Waals surface area (Å²) >= 11 is 0. The van der Waals surface area contributed by atoms with Gasteiger partial charge in [0.25, 0.3) is 11.8 Å². The first kappa shape index (κ1) is 43.7. The number of likely N-dealkylation sites (N-methyl/N-ethyl adjacent to an activating group) is 2. The number of nitrogens with zero attached hydrogens (tertiary/aromatic N) is 3. The minimum Gasteiger partial charge on any atom is -0.386 e. The highest BCUT2D eigenvalue weighted by molar-refractivity contribution is 6.41. The normalized spacial score (nSPS) is 19.2. The minimum atomic E-state index is -0.886. The summed E-state index contributed by atoms with van der Waals surface area (Å²) in [6.45, 7) is 17.6. The summed E-state index contributed by atoms with van der Waals surface area (Å²) in [6, 6.07) is 7.02. The van der Waals surface area contributed by atoms with Gasteiger partial charge in [0.05, 0.1) is 54.8 Å². The highest BCUT2D eigenvalue weighted by Crippen LogP contribution is 2.29. The maximum atomic E-state index is 14.1. The van der Waals surface area contributed by atoms with Crippen molar-refractivity contribution in [3.63, 3.8) is 0 Å². The zero-order chi connectivity index (χ0) is 38.6. The summed E-state index contributed by atoms with van der Waals surface area (Å²) in [5.74, 6) is -2.31. The molecule has 0 spiro atoms. The Hall–Kier alpha value is -3.45. The summed E-state index contributed by atoms with van der Waals surface area (Å²) in [5, 5.41) is 16.7. The van der Waals surface area contributed by atoms with Gasteiger partial charge in [-0.25, -0.2) is 4.99 Å². The number of amides is 4. The van der Waals surface area contributed by atoms with Gasteiger partial charge in [0.2, 0.25) is 11.8 Å². The van der Waals surface area contributed by atoms with Crippen molar-refractivity contribution >= 4 is 29.3 Å². The molecule has 12 heteroatoms. The standard InChI is InChI=1S/C39H63N5O7/c1-13-25(6)34(43(10)39(49)33(24(4)5)42-38(48)32(40-9)23(2)3)30(50-11)22-31(45)44-21-17-20-29(44)36(51-12)26(7)37(47)41-27(8)35(46)28-18-15-14-16-19-28/h14-16,18-19,23-24,26-27,29-30,32,34-36,40,46H,6,13,17,20-22H2,1-5,7-12H3,(H,41,47)/t26-,27-,29?,30-,32+,34?,35-,36-/m1/s1. The molecule has 1 saturated heterocycles. The molecule has 2 unspecified atom stereocenters. The van der Waals surface area contributed by atoms with E-state index < -0.39 is 54.2 Å². The topological polar surface area (TPSA) is 150 Å². The van der Waals surface area contributed by atoms with Crippen molar-refractivity contribution < 1.29 is 33.8 Å². The number of aliphatic hydroxyl groups excluding tert-OH is 1. The fourth-order valence-corrected chi connectivity index (χ4v) is 6.93. The van der Waals surface area contributed by atoms with Crippen LogP contribution in [0.2, 0.25) is 0 Å². The van der Waals surface area contributed by atoms with E-state index in [9.17, 15) is 24.3 Å². The molecule has 1 aromatic carbocycles. The fraction of sp³-hybridized carbons (Fsp3) is 0.667. The van der Waals surface area contributed by atoms with Gasteiger partial charge in [0, 0.05) is 33.7 Å². The van der Waals surface area contributed by atoms with Gasteiger partial charge in [-0.3, -0.25) is 19.2 Å². The number of nitrogens with one attached hydrogen (secondary N) is 2. The van der Waals surface area contributed by atoms with E-state index in [1.165, 1.54) is 19.1 Å². The average molecular weight is 714 g/mol. The Kier molecular flexibility index (Phi) is 17.6. The Labute approximate surface area is 305 Å². The van der Waals surface area contributed by atoms with E-state index in [1.807, 2.05) is 65.0 Å². The maximum absolute atomic E-state index is 14.1. The summed E-state index contributed by atoms with van der Waals surface area (Å²) < 4.78 is 11.8. The molecule has 1 aliphatic rings. The molecular formula is C39H63N5O7. The van der Waals surface area contributed by atoms with Gasteiger partial charge in [-0.05, 0) is 44.7 Å². The van der Waals surface area contributed by atoms with E-state index >= 15 is 0 Å². The van der Waals surface area contributed by atoms with E-state index in [2.05, 4.69) is 22.2 Å². The number of carbonyl (C=O) groups excluding carboxylic acids is 4. The number of aliphatic imine (C=N–C) groups is 1. The number of methoxy groups -OCH3 is 2. The molecule has 2 rings (SSSR count). The predicted molar refractivity (Wildman–Crippen MR) is 200 cm³/mol. The molecule has 1 aliphatic heterocycles. The lowest BCUT2D eigenvalue weighted by Crippen LogP contribution is -2.53. The smallest absolute Gasteiger partial charge is 0.268 e. The molecule has 1 aromatic rings. The van der Waals surface area contributed by atoms with Gasteiger partial charge in [-0.1, -0.05) is 84.0 Å². The summed E-state index contributed by atoms with van der Waals surface area (Å²) in [4.78, 5) is 62.1. The van der Waals surface area contributed by atoms with Crippen LogP contribution in [0.5, 0.6) is 0 Å². The van der Waals surface area contributed by atoms with Crippen LogP contribution < -0.4 is 10.6 Å². The van der Waals surface area contributed by atoms with Crippen molar-refractivity contribution in [2.24, 2.45) is 22.7 Å². The molecule has 0 saturated carbocycles. The van der Waals surface area contributed by atoms with Crippen LogP contribution in [0.25, 0.3) is 0 Å². The van der Waals surface area contributed by atoms with Crippen molar-refractivity contribution in [1.82, 2.24) is 20.4 Å². The third-order valence-electron chi connectivity index (χ3n) is 10.0. The molecule has 0 bridgehead atoms. The van der Waals surface area contributed by atoms with Crippen LogP contribution in [0.4, 0.5) is 0 Å². The average Bonchev–Trinajstić information content (AvgIpc) is 3.59. The van der Waals surface area contributed by atoms with Gasteiger partial charge < -0.3 is 35.0 Å². The highest BCUT2D eigenvalue weighted by Gasteiger charge is 2.42. The molecule has 51 heavy (non-hydrogen) atoms. The van der Waals surface area contributed by atoms with Crippen LogP contribution in [0, 0.1) is 17.8 Å². The maximum Gasteiger partial charge on any atom is 0.268 e. The first-order valence-corrected chi connectivity index (χ1v) is 18.2. The highest BCUT2D eigenvalue weighted by atomic mass is 16.5. The largest absolute Gasteiger partial charge is 0.386 e. The number of aliphatic hydroxyl groups is 1. The lowest BCUT2D eigenvalue weighted by atomic mass is 9.93. The summed E-state index contributed by atoms with van der Waals surface area (Å²) in [6.07, 6.45) is -0.359. The Morgan fingerprint density at radius 2 is 1.69 bits per heavy atom. The Bertz CT molecular complexity index is 1350. The van der Waals surface area contributed by atoms with Crippen molar-refractivity contribution in [3.05, 3.63) is 48.0 Å². The molecule has 3 N–H and O–H groups in total. The third kappa shape index (κ3) is 11.3. The number of rotatable bonds is 19. The molecule has 4 amide bonds. The second-order valence-electron chi connectivity index (χ2n) is 14.3. The molecule has 1 fully saturated rings. The molecule has 286 valence electrons. The van der Waals surface area contributed by atoms with Crippen LogP contribution in [-0.2, 0) is 28.7 Å². The number of benzene rings is 1. The summed E-state index contributed by atoms with van der Waals surface area (Å²) in [7, 11) is 6.36. The number of likely N-dealkylation sites (tertiary alicyclic amines) is 1. The van der Waals surface area contributed by atoms with Gasteiger partial charge in [-0.2, -0.15) is 0 Å². The van der Waals surface area contributed by atoms with E-state index in [-0.39, 0.29) is 41.8 Å². The van der Waals surface area contributed by atoms with Gasteiger partial charge in [0.1, 0.15) is 5.71 Å². The first-order chi connectivity index (χ1) is 24.0. The lowest BCUT2D eigenvalue weighted by Gasteiger charge is -2.38. The molecule has 0 radical (unpaired) electrons. The second kappa shape index (κ2) is 20.6. The molecular weight excluding hydrogens is 650 g/mol. The SMILES string of the molecule is C=C(CC)C([C@@H](CC(=O)N1CCCC1[C@H](OC)[C@@H](C)C(=O)N[C@H](C)[C@@H](O)c1ccccc1)OC)N(C)C(=O)C(=NC(=O)[C@@H](NC)C(C)C)C(C)C. The molecule has 0 aliphatic carbocycles. The van der Waals surface area contributed by atoms with Crippen molar-refractivity contribution in [2.45, 2.75) is 117 Å². The van der Waals surface area contributed by atoms with Crippen LogP contribution in [-0.4, -0.2) is 115 Å². The number of hydrogen-bond donors (Lipinski definition) is 3. The Morgan fingerprint density at radius 1 is 1.06 bits per heavy atom. The lowest BCUT2D eigenvalue weighted by molar-refractivity contribution is -0.143. The van der Waals surface area contributed by atoms with Gasteiger partial charge in [0.15, 0.2) is 0 Å². The zero-order valence-corrected chi connectivity index (χ0v) is 32.6. The quantitative estimate of drug-likeness (QED) is 0.144. The predicted octanol–water partition coefficient (Wildman–Crippen LogP) is 3.93. The monoisotopic (exact) mass is 713 g/mol. The minimum absolute atomic E-state index is 0.0235. The number of carbonyl (C=O) groups is 4. The van der Waals surface area contributed by atoms with E-state index in [0.717, 1.165) is 6.42 Å². The molecule has 8 atom stereocenters. The van der Waals surface area contributed by atoms with Crippen LogP contribution in [0.15, 0.2) is 47.5 Å². The van der Waals surface area contributed by atoms with Crippen molar-refractivity contribution in [1.29, 1.82) is 0 Å². The van der Waals surface area contributed by atoms with Crippen molar-refractivity contribution in [2.75, 3.05) is 34.9 Å². The van der Waals surface area contributed by atoms with E-state index in [4.69, 9.17) is 9.47 Å². The van der Waals surface area contributed by atoms with Crippen LogP contribution >= 0.6 is 0 Å². The Morgan fingerprint density at radius 3 is 2.20 bits per heavy atom. The first-order valence-electron chi connectivity index (χ1n) is 18.2. The van der Waals surface area contributed by atoms with Crippen LogP contribution in [0.1, 0.15) is 85.8 Å². The third-order valence-corrected chi connectivity index (χ3v) is 10.0. The zero-order valence-electron chi connectivity index (χ0n) is 32.6. The number of hydrogen-bond acceptors (Lipinski definition) is 8. The van der Waals surface area contributed by atoms with E-state index in [1.54, 1.807) is 32.8 Å².